The van der Waals surface area contributed by atoms with Gasteiger partial charge in [0.1, 0.15) is 4.47 Å². The Labute approximate surface area is 154 Å². The number of aromatic nitrogens is 2. The largest absolute Gasteiger partial charge is 0.404 e. The van der Waals surface area contributed by atoms with Crippen LogP contribution in [0.3, 0.4) is 0 Å². The van der Waals surface area contributed by atoms with Crippen molar-refractivity contribution in [1.82, 2.24) is 9.78 Å². The zero-order chi connectivity index (χ0) is 18.4. The van der Waals surface area contributed by atoms with E-state index < -0.39 is 4.92 Å². The van der Waals surface area contributed by atoms with Crippen molar-refractivity contribution in [2.75, 3.05) is 23.3 Å². The van der Waals surface area contributed by atoms with E-state index in [0.717, 1.165) is 18.8 Å². The van der Waals surface area contributed by atoms with Gasteiger partial charge in [-0.1, -0.05) is 0 Å². The van der Waals surface area contributed by atoms with Gasteiger partial charge in [-0.05, 0) is 59.0 Å². The highest BCUT2D eigenvalue weighted by Crippen LogP contribution is 2.22. The number of anilines is 2. The summed E-state index contributed by atoms with van der Waals surface area (Å²) in [5.74, 6) is -0.433. The second-order valence-electron chi connectivity index (χ2n) is 5.34. The molecule has 2 rings (SSSR count). The van der Waals surface area contributed by atoms with Gasteiger partial charge in [-0.15, -0.1) is 0 Å². The lowest BCUT2D eigenvalue weighted by Gasteiger charge is -2.21. The average molecular weight is 410 g/mol. The summed E-state index contributed by atoms with van der Waals surface area (Å²) in [5, 5.41) is 17.4. The quantitative estimate of drug-likeness (QED) is 0.532. The number of carbonyl (C=O) groups is 1. The van der Waals surface area contributed by atoms with Gasteiger partial charge in [0.15, 0.2) is 0 Å². The van der Waals surface area contributed by atoms with E-state index in [1.54, 1.807) is 0 Å². The van der Waals surface area contributed by atoms with Crippen LogP contribution in [0.1, 0.15) is 20.3 Å². The van der Waals surface area contributed by atoms with Gasteiger partial charge in [0.25, 0.3) is 0 Å². The lowest BCUT2D eigenvalue weighted by atomic mass is 10.2. The summed E-state index contributed by atoms with van der Waals surface area (Å²) < 4.78 is 1.68. The monoisotopic (exact) mass is 409 g/mol. The maximum Gasteiger partial charge on any atom is 0.404 e. The molecule has 2 aromatic rings. The second-order valence-corrected chi connectivity index (χ2v) is 6.19. The molecule has 1 heterocycles. The van der Waals surface area contributed by atoms with E-state index in [-0.39, 0.29) is 24.7 Å². The molecule has 0 bridgehead atoms. The van der Waals surface area contributed by atoms with Crippen molar-refractivity contribution in [1.29, 1.82) is 0 Å². The molecule has 1 N–H and O–H groups in total. The third-order valence-electron chi connectivity index (χ3n) is 3.72. The number of nitrogens with one attached hydrogen (secondary N) is 1. The maximum absolute atomic E-state index is 12.0. The Hall–Kier alpha value is -2.42. The Bertz CT molecular complexity index is 741. The first-order valence-corrected chi connectivity index (χ1v) is 8.76. The van der Waals surface area contributed by atoms with Crippen molar-refractivity contribution in [3.05, 3.63) is 45.0 Å². The van der Waals surface area contributed by atoms with E-state index in [1.165, 1.54) is 10.9 Å². The minimum Gasteiger partial charge on any atom is -0.372 e. The normalized spacial score (nSPS) is 10.5. The Morgan fingerprint density at radius 1 is 1.32 bits per heavy atom. The van der Waals surface area contributed by atoms with Crippen molar-refractivity contribution >= 4 is 39.0 Å². The first kappa shape index (κ1) is 18.9. The summed E-state index contributed by atoms with van der Waals surface area (Å²) in [6.07, 6.45) is 1.66. The lowest BCUT2D eigenvalue weighted by Crippen LogP contribution is -2.21. The van der Waals surface area contributed by atoms with Crippen LogP contribution in [-0.2, 0) is 11.3 Å². The summed E-state index contributed by atoms with van der Waals surface area (Å²) >= 11 is 3.08. The zero-order valence-corrected chi connectivity index (χ0v) is 15.7. The molecule has 0 radical (unpaired) electrons. The number of hydrogen-bond acceptors (Lipinski definition) is 5. The molecule has 0 fully saturated rings. The summed E-state index contributed by atoms with van der Waals surface area (Å²) in [6, 6.07) is 7.66. The first-order chi connectivity index (χ1) is 11.9. The van der Waals surface area contributed by atoms with Gasteiger partial charge < -0.3 is 20.3 Å². The molecule has 0 aliphatic carbocycles. The Morgan fingerprint density at radius 3 is 2.48 bits per heavy atom. The molecule has 25 heavy (non-hydrogen) atoms. The lowest BCUT2D eigenvalue weighted by molar-refractivity contribution is -0.390. The fourth-order valence-corrected chi connectivity index (χ4v) is 2.87. The number of rotatable bonds is 8. The van der Waals surface area contributed by atoms with Crippen LogP contribution in [0.4, 0.5) is 17.2 Å². The number of nitro groups is 1. The van der Waals surface area contributed by atoms with E-state index in [9.17, 15) is 14.9 Å². The van der Waals surface area contributed by atoms with E-state index in [2.05, 4.69) is 45.1 Å². The van der Waals surface area contributed by atoms with E-state index in [1.807, 2.05) is 24.3 Å². The predicted molar refractivity (Wildman–Crippen MR) is 99.8 cm³/mol. The van der Waals surface area contributed by atoms with Crippen LogP contribution in [0.5, 0.6) is 0 Å². The predicted octanol–water partition coefficient (Wildman–Crippen LogP) is 3.43. The zero-order valence-electron chi connectivity index (χ0n) is 14.1. The first-order valence-electron chi connectivity index (χ1n) is 7.96. The van der Waals surface area contributed by atoms with Gasteiger partial charge in [0.05, 0.1) is 17.8 Å². The fourth-order valence-electron chi connectivity index (χ4n) is 2.41. The summed E-state index contributed by atoms with van der Waals surface area (Å²) in [6.45, 7) is 6.30. The summed E-state index contributed by atoms with van der Waals surface area (Å²) in [4.78, 5) is 24.4. The van der Waals surface area contributed by atoms with Crippen LogP contribution < -0.4 is 10.2 Å². The molecule has 1 aromatic heterocycles. The molecule has 0 saturated heterocycles. The molecule has 0 atom stereocenters. The number of carbonyl (C=O) groups excluding carboxylic acids is 1. The third kappa shape index (κ3) is 5.02. The van der Waals surface area contributed by atoms with Crippen LogP contribution in [0.15, 0.2) is 34.9 Å². The number of amides is 1. The highest BCUT2D eigenvalue weighted by atomic mass is 79.9. The molecule has 9 heteroatoms. The minimum absolute atomic E-state index is 0.170. The smallest absolute Gasteiger partial charge is 0.372 e. The van der Waals surface area contributed by atoms with Crippen molar-refractivity contribution in [3.63, 3.8) is 0 Å². The molecule has 1 aromatic carbocycles. The van der Waals surface area contributed by atoms with Gasteiger partial charge >= 0.3 is 5.82 Å². The number of halogens is 1. The molecule has 1 amide bonds. The summed E-state index contributed by atoms with van der Waals surface area (Å²) in [7, 11) is 0. The van der Waals surface area contributed by atoms with Crippen molar-refractivity contribution < 1.29 is 9.72 Å². The van der Waals surface area contributed by atoms with Gasteiger partial charge in [-0.25, -0.2) is 0 Å². The molecule has 134 valence electrons. The molecule has 0 aliphatic rings. The highest BCUT2D eigenvalue weighted by Gasteiger charge is 2.18. The second kappa shape index (κ2) is 8.61. The van der Waals surface area contributed by atoms with Gasteiger partial charge in [0.2, 0.25) is 5.91 Å². The Morgan fingerprint density at radius 2 is 1.96 bits per heavy atom. The van der Waals surface area contributed by atoms with Crippen LogP contribution in [0.25, 0.3) is 0 Å². The average Bonchev–Trinajstić information content (AvgIpc) is 2.97. The number of aryl methyl sites for hydroxylation is 1. The van der Waals surface area contributed by atoms with Crippen LogP contribution in [-0.4, -0.2) is 33.7 Å². The van der Waals surface area contributed by atoms with Gasteiger partial charge in [-0.2, -0.15) is 4.68 Å². The molecule has 0 unspecified atom stereocenters. The standard InChI is InChI=1S/C16H20BrN5O3/c1-3-20(4-2)13-7-5-12(6-8-13)18-15(23)9-10-21-11-14(17)16(19-21)22(24)25/h5-8,11H,3-4,9-10H2,1-2H3,(H,18,23). The SMILES string of the molecule is CCN(CC)c1ccc(NC(=O)CCn2cc(Br)c([N+](=O)[O-])n2)cc1. The van der Waals surface area contributed by atoms with Crippen molar-refractivity contribution in [3.8, 4) is 0 Å². The third-order valence-corrected chi connectivity index (χ3v) is 4.28. The molecule has 8 nitrogen and oxygen atoms in total. The minimum atomic E-state index is -0.571. The molecule has 0 saturated carbocycles. The molecular formula is C16H20BrN5O3. The molecule has 0 aliphatic heterocycles. The Balaban J connectivity index is 1.90. The van der Waals surface area contributed by atoms with E-state index in [4.69, 9.17) is 0 Å². The maximum atomic E-state index is 12.0. The van der Waals surface area contributed by atoms with Crippen LogP contribution in [0, 0.1) is 10.1 Å². The van der Waals surface area contributed by atoms with Crippen LogP contribution >= 0.6 is 15.9 Å². The topological polar surface area (TPSA) is 93.3 Å². The summed E-state index contributed by atoms with van der Waals surface area (Å²) in [5.41, 5.74) is 1.82. The van der Waals surface area contributed by atoms with E-state index in [0.29, 0.717) is 10.2 Å². The number of nitrogens with zero attached hydrogens (tertiary/aromatic N) is 4. The van der Waals surface area contributed by atoms with Crippen LogP contribution in [0.2, 0.25) is 0 Å². The van der Waals surface area contributed by atoms with Gasteiger partial charge in [0, 0.05) is 30.9 Å². The number of benzene rings is 1. The Kier molecular flexibility index (Phi) is 6.51. The van der Waals surface area contributed by atoms with Crippen molar-refractivity contribution in [2.24, 2.45) is 0 Å². The molecule has 0 spiro atoms. The van der Waals surface area contributed by atoms with E-state index >= 15 is 0 Å². The molecular weight excluding hydrogens is 390 g/mol. The van der Waals surface area contributed by atoms with Gasteiger partial charge in [-0.3, -0.25) is 4.79 Å². The van der Waals surface area contributed by atoms with Crippen molar-refractivity contribution in [2.45, 2.75) is 26.8 Å². The highest BCUT2D eigenvalue weighted by molar-refractivity contribution is 9.10. The fraction of sp³-hybridized carbons (Fsp3) is 0.375. The number of hydrogen-bond donors (Lipinski definition) is 1.